The van der Waals surface area contributed by atoms with E-state index in [2.05, 4.69) is 43.4 Å². The second kappa shape index (κ2) is 7.36. The van der Waals surface area contributed by atoms with Gasteiger partial charge in [-0.15, -0.1) is 11.8 Å². The van der Waals surface area contributed by atoms with E-state index in [0.29, 0.717) is 11.8 Å². The largest absolute Gasteiger partial charge is 0.508 e. The predicted molar refractivity (Wildman–Crippen MR) is 86.2 cm³/mol. The Kier molecular flexibility index (Phi) is 5.50. The molecule has 2 N–H and O–H groups in total. The van der Waals surface area contributed by atoms with Gasteiger partial charge in [-0.05, 0) is 48.9 Å². The monoisotopic (exact) mass is 287 g/mol. The van der Waals surface area contributed by atoms with Crippen LogP contribution >= 0.6 is 11.8 Å². The van der Waals surface area contributed by atoms with Gasteiger partial charge in [-0.1, -0.05) is 31.2 Å². The highest BCUT2D eigenvalue weighted by molar-refractivity contribution is 7.98. The first kappa shape index (κ1) is 14.9. The molecule has 2 aromatic rings. The first-order chi connectivity index (χ1) is 9.69. The Morgan fingerprint density at radius 3 is 2.55 bits per heavy atom. The van der Waals surface area contributed by atoms with Crippen LogP contribution in [0.2, 0.25) is 0 Å². The topological polar surface area (TPSA) is 32.3 Å². The summed E-state index contributed by atoms with van der Waals surface area (Å²) in [6, 6.07) is 16.5. The molecule has 2 aromatic carbocycles. The van der Waals surface area contributed by atoms with Gasteiger partial charge < -0.3 is 10.4 Å². The molecule has 106 valence electrons. The lowest BCUT2D eigenvalue weighted by molar-refractivity contribution is 0.475. The molecular formula is C17H21NOS. The zero-order chi connectivity index (χ0) is 14.4. The first-order valence-corrected chi connectivity index (χ1v) is 7.91. The van der Waals surface area contributed by atoms with Crippen LogP contribution in [0.15, 0.2) is 53.4 Å². The molecule has 0 aliphatic rings. The zero-order valence-electron chi connectivity index (χ0n) is 12.0. The van der Waals surface area contributed by atoms with E-state index in [1.165, 1.54) is 10.5 Å². The molecule has 0 spiro atoms. The first-order valence-electron chi connectivity index (χ1n) is 6.93. The van der Waals surface area contributed by atoms with Gasteiger partial charge in [0.05, 0.1) is 0 Å². The summed E-state index contributed by atoms with van der Waals surface area (Å²) < 4.78 is 0. The minimum atomic E-state index is 0.331. The van der Waals surface area contributed by atoms with Crippen molar-refractivity contribution in [2.75, 3.05) is 6.54 Å². The lowest BCUT2D eigenvalue weighted by atomic mass is 10.1. The molecule has 1 unspecified atom stereocenters. The highest BCUT2D eigenvalue weighted by atomic mass is 32.2. The van der Waals surface area contributed by atoms with Crippen molar-refractivity contribution in [2.24, 2.45) is 0 Å². The molecule has 0 aliphatic carbocycles. The summed E-state index contributed by atoms with van der Waals surface area (Å²) >= 11 is 1.78. The quantitative estimate of drug-likeness (QED) is 0.774. The fourth-order valence-corrected chi connectivity index (χ4v) is 2.93. The van der Waals surface area contributed by atoms with Gasteiger partial charge in [0.25, 0.3) is 0 Å². The van der Waals surface area contributed by atoms with Crippen LogP contribution in [0.4, 0.5) is 0 Å². The number of phenols is 1. The highest BCUT2D eigenvalue weighted by Crippen LogP contribution is 2.25. The van der Waals surface area contributed by atoms with Gasteiger partial charge in [-0.2, -0.15) is 0 Å². The lowest BCUT2D eigenvalue weighted by Gasteiger charge is -2.13. The van der Waals surface area contributed by atoms with Crippen LogP contribution in [0.3, 0.4) is 0 Å². The number of aromatic hydroxyl groups is 1. The molecule has 20 heavy (non-hydrogen) atoms. The average Bonchev–Trinajstić information content (AvgIpc) is 2.46. The second-order valence-electron chi connectivity index (χ2n) is 4.81. The molecule has 2 rings (SSSR count). The summed E-state index contributed by atoms with van der Waals surface area (Å²) in [5, 5.41) is 12.9. The van der Waals surface area contributed by atoms with Crippen LogP contribution in [0.1, 0.15) is 31.0 Å². The van der Waals surface area contributed by atoms with Crippen LogP contribution in [-0.4, -0.2) is 11.7 Å². The average molecular weight is 287 g/mol. The van der Waals surface area contributed by atoms with Crippen LogP contribution in [0, 0.1) is 0 Å². The number of thioether (sulfide) groups is 1. The molecule has 0 amide bonds. The van der Waals surface area contributed by atoms with Crippen LogP contribution in [-0.2, 0) is 5.75 Å². The van der Waals surface area contributed by atoms with E-state index >= 15 is 0 Å². The maximum absolute atomic E-state index is 9.44. The van der Waals surface area contributed by atoms with Crippen molar-refractivity contribution in [3.63, 3.8) is 0 Å². The standard InChI is InChI=1S/C17H21NOS/c1-3-18-13(2)15-7-9-17(10-8-15)20-12-14-5-4-6-16(19)11-14/h4-11,13,18-19H,3,12H2,1-2H3. The van der Waals surface area contributed by atoms with Gasteiger partial charge in [0.1, 0.15) is 5.75 Å². The Morgan fingerprint density at radius 1 is 1.15 bits per heavy atom. The summed E-state index contributed by atoms with van der Waals surface area (Å²) in [6.07, 6.45) is 0. The van der Waals surface area contributed by atoms with E-state index in [1.54, 1.807) is 17.8 Å². The van der Waals surface area contributed by atoms with Crippen LogP contribution in [0.25, 0.3) is 0 Å². The van der Waals surface area contributed by atoms with E-state index < -0.39 is 0 Å². The molecule has 0 fully saturated rings. The van der Waals surface area contributed by atoms with Crippen molar-refractivity contribution >= 4 is 11.8 Å². The molecular weight excluding hydrogens is 266 g/mol. The number of rotatable bonds is 6. The third-order valence-corrected chi connectivity index (χ3v) is 4.29. The lowest BCUT2D eigenvalue weighted by Crippen LogP contribution is -2.17. The van der Waals surface area contributed by atoms with Crippen LogP contribution in [0.5, 0.6) is 5.75 Å². The third kappa shape index (κ3) is 4.29. The van der Waals surface area contributed by atoms with Crippen molar-refractivity contribution in [2.45, 2.75) is 30.5 Å². The predicted octanol–water partition coefficient (Wildman–Crippen LogP) is 4.36. The maximum Gasteiger partial charge on any atom is 0.115 e. The van der Waals surface area contributed by atoms with E-state index in [0.717, 1.165) is 17.9 Å². The van der Waals surface area contributed by atoms with Crippen molar-refractivity contribution in [3.8, 4) is 5.75 Å². The Bertz CT molecular complexity index is 539. The van der Waals surface area contributed by atoms with E-state index in [-0.39, 0.29) is 0 Å². The molecule has 3 heteroatoms. The molecule has 0 aliphatic heterocycles. The van der Waals surface area contributed by atoms with Crippen molar-refractivity contribution in [1.29, 1.82) is 0 Å². The summed E-state index contributed by atoms with van der Waals surface area (Å²) in [7, 11) is 0. The normalized spacial score (nSPS) is 12.3. The third-order valence-electron chi connectivity index (χ3n) is 3.21. The van der Waals surface area contributed by atoms with Crippen molar-refractivity contribution in [1.82, 2.24) is 5.32 Å². The minimum absolute atomic E-state index is 0.331. The Labute approximate surface area is 125 Å². The summed E-state index contributed by atoms with van der Waals surface area (Å²) in [6.45, 7) is 5.28. The van der Waals surface area contributed by atoms with E-state index in [9.17, 15) is 5.11 Å². The molecule has 0 saturated heterocycles. The highest BCUT2D eigenvalue weighted by Gasteiger charge is 2.03. The molecule has 1 atom stereocenters. The Morgan fingerprint density at radius 2 is 1.90 bits per heavy atom. The summed E-state index contributed by atoms with van der Waals surface area (Å²) in [5.41, 5.74) is 2.45. The zero-order valence-corrected chi connectivity index (χ0v) is 12.8. The molecule has 0 heterocycles. The minimum Gasteiger partial charge on any atom is -0.508 e. The second-order valence-corrected chi connectivity index (χ2v) is 5.86. The van der Waals surface area contributed by atoms with Gasteiger partial charge >= 0.3 is 0 Å². The van der Waals surface area contributed by atoms with Gasteiger partial charge in [0.15, 0.2) is 0 Å². The number of benzene rings is 2. The van der Waals surface area contributed by atoms with Crippen molar-refractivity contribution < 1.29 is 5.11 Å². The van der Waals surface area contributed by atoms with Crippen molar-refractivity contribution in [3.05, 3.63) is 59.7 Å². The summed E-state index contributed by atoms with van der Waals surface area (Å²) in [4.78, 5) is 1.25. The molecule has 0 aromatic heterocycles. The van der Waals surface area contributed by atoms with Gasteiger partial charge in [-0.25, -0.2) is 0 Å². The number of hydrogen-bond donors (Lipinski definition) is 2. The van der Waals surface area contributed by atoms with E-state index in [1.807, 2.05) is 18.2 Å². The van der Waals surface area contributed by atoms with E-state index in [4.69, 9.17) is 0 Å². The molecule has 0 radical (unpaired) electrons. The maximum atomic E-state index is 9.44. The van der Waals surface area contributed by atoms with Gasteiger partial charge in [0.2, 0.25) is 0 Å². The Balaban J connectivity index is 1.94. The van der Waals surface area contributed by atoms with Crippen LogP contribution < -0.4 is 5.32 Å². The number of hydrogen-bond acceptors (Lipinski definition) is 3. The number of nitrogens with one attached hydrogen (secondary N) is 1. The molecule has 2 nitrogen and oxygen atoms in total. The summed E-state index contributed by atoms with van der Waals surface area (Å²) in [5.74, 6) is 1.20. The fraction of sp³-hybridized carbons (Fsp3) is 0.294. The van der Waals surface area contributed by atoms with Gasteiger partial charge in [-0.3, -0.25) is 0 Å². The van der Waals surface area contributed by atoms with Gasteiger partial charge in [0, 0.05) is 16.7 Å². The molecule has 0 bridgehead atoms. The smallest absolute Gasteiger partial charge is 0.115 e. The fourth-order valence-electron chi connectivity index (χ4n) is 2.09. The number of phenolic OH excluding ortho intramolecular Hbond substituents is 1. The molecule has 0 saturated carbocycles. The Hall–Kier alpha value is -1.45. The SMILES string of the molecule is CCNC(C)c1ccc(SCc2cccc(O)c2)cc1.